The van der Waals surface area contributed by atoms with E-state index in [2.05, 4.69) is 68.7 Å². The predicted molar refractivity (Wildman–Crippen MR) is 114 cm³/mol. The SMILES string of the molecule is O=C(N1CCN(C(c2ccccc2)c2ccccc2)CC1)n1nnc2ncccc21. The molecule has 0 unspecified atom stereocenters. The Morgan fingerprint density at radius 2 is 1.43 bits per heavy atom. The Bertz CT molecular complexity index is 1100. The van der Waals surface area contributed by atoms with Crippen LogP contribution in [0.15, 0.2) is 79.0 Å². The molecule has 1 amide bonds. The maximum absolute atomic E-state index is 13.0. The second-order valence-electron chi connectivity index (χ2n) is 7.38. The number of nitrogens with zero attached hydrogens (tertiary/aromatic N) is 6. The number of carbonyl (C=O) groups excluding carboxylic acids is 1. The van der Waals surface area contributed by atoms with E-state index in [1.54, 1.807) is 12.3 Å². The highest BCUT2D eigenvalue weighted by molar-refractivity contribution is 5.86. The van der Waals surface area contributed by atoms with Gasteiger partial charge in [-0.3, -0.25) is 4.90 Å². The van der Waals surface area contributed by atoms with E-state index in [1.807, 2.05) is 23.1 Å². The molecule has 0 saturated carbocycles. The van der Waals surface area contributed by atoms with Crippen LogP contribution < -0.4 is 0 Å². The first kappa shape index (κ1) is 18.4. The lowest BCUT2D eigenvalue weighted by molar-refractivity contribution is 0.120. The summed E-state index contributed by atoms with van der Waals surface area (Å²) in [5.41, 5.74) is 3.64. The van der Waals surface area contributed by atoms with Gasteiger partial charge in [0.05, 0.1) is 6.04 Å². The number of pyridine rings is 1. The lowest BCUT2D eigenvalue weighted by atomic mass is 9.96. The molecule has 3 heterocycles. The Balaban J connectivity index is 1.35. The highest BCUT2D eigenvalue weighted by atomic mass is 16.2. The van der Waals surface area contributed by atoms with Crippen molar-refractivity contribution in [3.63, 3.8) is 0 Å². The number of amides is 1. The molecule has 0 radical (unpaired) electrons. The van der Waals surface area contributed by atoms with Crippen molar-refractivity contribution in [3.8, 4) is 0 Å². The van der Waals surface area contributed by atoms with E-state index in [1.165, 1.54) is 15.8 Å². The molecule has 1 fully saturated rings. The van der Waals surface area contributed by atoms with Crippen molar-refractivity contribution in [2.75, 3.05) is 26.2 Å². The van der Waals surface area contributed by atoms with E-state index in [-0.39, 0.29) is 12.1 Å². The molecule has 2 aromatic carbocycles. The predicted octanol–water partition coefficient (Wildman–Crippen LogP) is 3.20. The van der Waals surface area contributed by atoms with Gasteiger partial charge in [0.25, 0.3) is 0 Å². The lowest BCUT2D eigenvalue weighted by Gasteiger charge is -2.39. The average Bonchev–Trinajstić information content (AvgIpc) is 3.25. The maximum Gasteiger partial charge on any atom is 0.346 e. The molecule has 0 aliphatic carbocycles. The summed E-state index contributed by atoms with van der Waals surface area (Å²) in [5, 5.41) is 8.02. The zero-order valence-electron chi connectivity index (χ0n) is 16.5. The summed E-state index contributed by atoms with van der Waals surface area (Å²) in [5.74, 6) is 0. The smallest absolute Gasteiger partial charge is 0.320 e. The zero-order valence-corrected chi connectivity index (χ0v) is 16.5. The first-order chi connectivity index (χ1) is 14.8. The molecule has 0 bridgehead atoms. The maximum atomic E-state index is 13.0. The fraction of sp³-hybridized carbons (Fsp3) is 0.217. The van der Waals surface area contributed by atoms with Crippen LogP contribution in [0.3, 0.4) is 0 Å². The third-order valence-corrected chi connectivity index (χ3v) is 5.58. The number of hydrogen-bond donors (Lipinski definition) is 0. The number of piperazine rings is 1. The molecule has 1 aliphatic heterocycles. The van der Waals surface area contributed by atoms with E-state index < -0.39 is 0 Å². The first-order valence-electron chi connectivity index (χ1n) is 10.1. The summed E-state index contributed by atoms with van der Waals surface area (Å²) < 4.78 is 1.35. The second kappa shape index (κ2) is 8.04. The van der Waals surface area contributed by atoms with Crippen molar-refractivity contribution in [2.45, 2.75) is 6.04 Å². The third kappa shape index (κ3) is 3.44. The van der Waals surface area contributed by atoms with Crippen LogP contribution in [-0.2, 0) is 0 Å². The van der Waals surface area contributed by atoms with Crippen molar-refractivity contribution in [3.05, 3.63) is 90.1 Å². The largest absolute Gasteiger partial charge is 0.346 e. The summed E-state index contributed by atoms with van der Waals surface area (Å²) in [4.78, 5) is 21.5. The van der Waals surface area contributed by atoms with Gasteiger partial charge in [0.15, 0.2) is 0 Å². The number of fused-ring (bicyclic) bond motifs is 1. The minimum absolute atomic E-state index is 0.152. The van der Waals surface area contributed by atoms with Crippen molar-refractivity contribution in [2.24, 2.45) is 0 Å². The van der Waals surface area contributed by atoms with E-state index in [4.69, 9.17) is 0 Å². The van der Waals surface area contributed by atoms with Gasteiger partial charge in [-0.15, -0.1) is 5.10 Å². The van der Waals surface area contributed by atoms with Gasteiger partial charge >= 0.3 is 6.03 Å². The van der Waals surface area contributed by atoms with Gasteiger partial charge in [0.1, 0.15) is 5.52 Å². The quantitative estimate of drug-likeness (QED) is 0.530. The summed E-state index contributed by atoms with van der Waals surface area (Å²) in [7, 11) is 0. The summed E-state index contributed by atoms with van der Waals surface area (Å²) in [6.07, 6.45) is 1.65. The molecule has 30 heavy (non-hydrogen) atoms. The third-order valence-electron chi connectivity index (χ3n) is 5.58. The molecule has 4 aromatic rings. The fourth-order valence-electron chi connectivity index (χ4n) is 4.10. The standard InChI is InChI=1S/C23H22N6O/c30-23(29-20-12-7-13-24-22(20)25-26-29)28-16-14-27(15-17-28)21(18-8-3-1-4-9-18)19-10-5-2-6-11-19/h1-13,21H,14-17H2. The first-order valence-corrected chi connectivity index (χ1v) is 10.1. The summed E-state index contributed by atoms with van der Waals surface area (Å²) in [6, 6.07) is 24.7. The van der Waals surface area contributed by atoms with Gasteiger partial charge in [0, 0.05) is 32.4 Å². The van der Waals surface area contributed by atoms with Crippen LogP contribution in [0.2, 0.25) is 0 Å². The minimum atomic E-state index is -0.152. The molecular formula is C23H22N6O. The van der Waals surface area contributed by atoms with E-state index >= 15 is 0 Å². The normalized spacial score (nSPS) is 15.0. The highest BCUT2D eigenvalue weighted by Gasteiger charge is 2.29. The Hall–Kier alpha value is -3.58. The molecule has 7 heteroatoms. The van der Waals surface area contributed by atoms with E-state index in [9.17, 15) is 4.79 Å². The van der Waals surface area contributed by atoms with Crippen molar-refractivity contribution in [1.82, 2.24) is 29.8 Å². The minimum Gasteiger partial charge on any atom is -0.320 e. The summed E-state index contributed by atoms with van der Waals surface area (Å²) >= 11 is 0. The molecule has 0 atom stereocenters. The second-order valence-corrected chi connectivity index (χ2v) is 7.38. The van der Waals surface area contributed by atoms with Crippen molar-refractivity contribution in [1.29, 1.82) is 0 Å². The monoisotopic (exact) mass is 398 g/mol. The van der Waals surface area contributed by atoms with Crippen molar-refractivity contribution < 1.29 is 4.79 Å². The molecule has 5 rings (SSSR count). The van der Waals surface area contributed by atoms with Gasteiger partial charge < -0.3 is 4.90 Å². The fourth-order valence-corrected chi connectivity index (χ4v) is 4.10. The Kier molecular flexibility index (Phi) is 4.94. The van der Waals surface area contributed by atoms with Crippen LogP contribution in [0.4, 0.5) is 4.79 Å². The summed E-state index contributed by atoms with van der Waals surface area (Å²) in [6.45, 7) is 2.84. The zero-order chi connectivity index (χ0) is 20.3. The van der Waals surface area contributed by atoms with Gasteiger partial charge in [-0.05, 0) is 23.3 Å². The molecule has 1 saturated heterocycles. The topological polar surface area (TPSA) is 67.2 Å². The number of benzene rings is 2. The Morgan fingerprint density at radius 1 is 0.800 bits per heavy atom. The number of carbonyl (C=O) groups is 1. The highest BCUT2D eigenvalue weighted by Crippen LogP contribution is 2.29. The van der Waals surface area contributed by atoms with Crippen LogP contribution >= 0.6 is 0 Å². The number of hydrogen-bond acceptors (Lipinski definition) is 5. The van der Waals surface area contributed by atoms with Gasteiger partial charge in [-0.1, -0.05) is 65.9 Å². The molecule has 2 aromatic heterocycles. The van der Waals surface area contributed by atoms with Crippen LogP contribution in [0.1, 0.15) is 17.2 Å². The molecular weight excluding hydrogens is 376 g/mol. The van der Waals surface area contributed by atoms with Crippen LogP contribution in [0.5, 0.6) is 0 Å². The number of rotatable bonds is 3. The molecule has 0 spiro atoms. The van der Waals surface area contributed by atoms with E-state index in [0.717, 1.165) is 13.1 Å². The van der Waals surface area contributed by atoms with Crippen LogP contribution in [0, 0.1) is 0 Å². The molecule has 1 aliphatic rings. The average molecular weight is 398 g/mol. The lowest BCUT2D eigenvalue weighted by Crippen LogP contribution is -2.51. The van der Waals surface area contributed by atoms with Crippen molar-refractivity contribution >= 4 is 17.2 Å². The van der Waals surface area contributed by atoms with Crippen LogP contribution in [0.25, 0.3) is 11.2 Å². The van der Waals surface area contributed by atoms with Gasteiger partial charge in [-0.25, -0.2) is 9.78 Å². The molecule has 150 valence electrons. The van der Waals surface area contributed by atoms with Gasteiger partial charge in [-0.2, -0.15) is 4.68 Å². The molecule has 7 nitrogen and oxygen atoms in total. The van der Waals surface area contributed by atoms with Crippen LogP contribution in [-0.4, -0.2) is 62.0 Å². The molecule has 0 N–H and O–H groups in total. The Morgan fingerprint density at radius 3 is 2.07 bits per heavy atom. The van der Waals surface area contributed by atoms with E-state index in [0.29, 0.717) is 24.3 Å². The number of aromatic nitrogens is 4. The Labute approximate surface area is 174 Å². The van der Waals surface area contributed by atoms with Gasteiger partial charge in [0.2, 0.25) is 5.65 Å².